The highest BCUT2D eigenvalue weighted by molar-refractivity contribution is 7.91. The number of amides is 1. The molecule has 0 bridgehead atoms. The van der Waals surface area contributed by atoms with Crippen molar-refractivity contribution in [1.29, 1.82) is 0 Å². The minimum Gasteiger partial charge on any atom is -0.335 e. The SMILES string of the molecule is CN(C)CCCN(C(=O)/C=C/c1cnn(-c2ccccc2)c1)C1CCS(=O)(=O)C1. The van der Waals surface area contributed by atoms with Crippen LogP contribution in [-0.4, -0.2) is 78.6 Å². The summed E-state index contributed by atoms with van der Waals surface area (Å²) < 4.78 is 25.5. The number of para-hydroxylation sites is 1. The molecule has 0 radical (unpaired) electrons. The smallest absolute Gasteiger partial charge is 0.246 e. The van der Waals surface area contributed by atoms with Gasteiger partial charge in [-0.3, -0.25) is 4.79 Å². The summed E-state index contributed by atoms with van der Waals surface area (Å²) in [6, 6.07) is 9.50. The second kappa shape index (κ2) is 9.37. The molecule has 0 saturated carbocycles. The molecule has 1 amide bonds. The van der Waals surface area contributed by atoms with Crippen LogP contribution in [-0.2, 0) is 14.6 Å². The Morgan fingerprint density at radius 1 is 1.24 bits per heavy atom. The van der Waals surface area contributed by atoms with Crippen LogP contribution in [0.5, 0.6) is 0 Å². The van der Waals surface area contributed by atoms with Gasteiger partial charge in [-0.2, -0.15) is 5.10 Å². The predicted molar refractivity (Wildman–Crippen MR) is 115 cm³/mol. The first-order chi connectivity index (χ1) is 13.8. The van der Waals surface area contributed by atoms with Crippen molar-refractivity contribution in [3.8, 4) is 5.69 Å². The van der Waals surface area contributed by atoms with E-state index in [0.29, 0.717) is 13.0 Å². The first kappa shape index (κ1) is 21.3. The maximum Gasteiger partial charge on any atom is 0.246 e. The molecule has 1 aromatic carbocycles. The van der Waals surface area contributed by atoms with Gasteiger partial charge in [0.15, 0.2) is 9.84 Å². The zero-order valence-electron chi connectivity index (χ0n) is 16.9. The van der Waals surface area contributed by atoms with Gasteiger partial charge in [-0.1, -0.05) is 18.2 Å². The standard InChI is InChI=1S/C21H28N4O3S/c1-23(2)12-6-13-24(20-11-14-29(27,28)17-20)21(26)10-9-18-15-22-25(16-18)19-7-4-3-5-8-19/h3-5,7-10,15-16,20H,6,11-14,17H2,1-2H3/b10-9+. The molecule has 0 spiro atoms. The number of aromatic nitrogens is 2. The van der Waals surface area contributed by atoms with Crippen LogP contribution in [0.2, 0.25) is 0 Å². The summed E-state index contributed by atoms with van der Waals surface area (Å²) in [6.07, 6.45) is 8.12. The highest BCUT2D eigenvalue weighted by atomic mass is 32.2. The summed E-state index contributed by atoms with van der Waals surface area (Å²) in [6.45, 7) is 1.39. The van der Waals surface area contributed by atoms with E-state index in [1.807, 2.05) is 50.6 Å². The number of hydrogen-bond acceptors (Lipinski definition) is 5. The van der Waals surface area contributed by atoms with Gasteiger partial charge in [-0.15, -0.1) is 0 Å². The molecular formula is C21H28N4O3S. The van der Waals surface area contributed by atoms with E-state index in [1.54, 1.807) is 21.9 Å². The summed E-state index contributed by atoms with van der Waals surface area (Å²) in [4.78, 5) is 16.6. The van der Waals surface area contributed by atoms with Gasteiger partial charge >= 0.3 is 0 Å². The van der Waals surface area contributed by atoms with E-state index in [1.165, 1.54) is 6.08 Å². The van der Waals surface area contributed by atoms with Crippen molar-refractivity contribution < 1.29 is 13.2 Å². The number of nitrogens with zero attached hydrogens (tertiary/aromatic N) is 4. The minimum atomic E-state index is -3.05. The van der Waals surface area contributed by atoms with E-state index in [2.05, 4.69) is 10.00 Å². The molecule has 2 aromatic rings. The first-order valence-corrected chi connectivity index (χ1v) is 11.6. The van der Waals surface area contributed by atoms with Gasteiger partial charge in [0.2, 0.25) is 5.91 Å². The zero-order chi connectivity index (χ0) is 20.9. The second-order valence-electron chi connectivity index (χ2n) is 7.63. The molecule has 3 rings (SSSR count). The van der Waals surface area contributed by atoms with E-state index in [9.17, 15) is 13.2 Å². The molecular weight excluding hydrogens is 388 g/mol. The third-order valence-electron chi connectivity index (χ3n) is 4.98. The molecule has 29 heavy (non-hydrogen) atoms. The van der Waals surface area contributed by atoms with Crippen LogP contribution >= 0.6 is 0 Å². The fourth-order valence-corrected chi connectivity index (χ4v) is 5.19. The van der Waals surface area contributed by atoms with Crippen molar-refractivity contribution in [2.24, 2.45) is 0 Å². The average molecular weight is 417 g/mol. The summed E-state index contributed by atoms with van der Waals surface area (Å²) in [5.74, 6) is 0.0571. The van der Waals surface area contributed by atoms with Gasteiger partial charge < -0.3 is 9.80 Å². The maximum absolute atomic E-state index is 12.9. The molecule has 1 aromatic heterocycles. The Balaban J connectivity index is 1.69. The number of benzene rings is 1. The van der Waals surface area contributed by atoms with Gasteiger partial charge in [0.05, 0.1) is 23.4 Å². The lowest BCUT2D eigenvalue weighted by Gasteiger charge is -2.27. The monoisotopic (exact) mass is 416 g/mol. The number of carbonyl (C=O) groups is 1. The third-order valence-corrected chi connectivity index (χ3v) is 6.73. The van der Waals surface area contributed by atoms with Gasteiger partial charge in [0, 0.05) is 30.4 Å². The number of hydrogen-bond donors (Lipinski definition) is 0. The molecule has 1 saturated heterocycles. The van der Waals surface area contributed by atoms with Crippen LogP contribution in [0.4, 0.5) is 0 Å². The topological polar surface area (TPSA) is 75.5 Å². The fraction of sp³-hybridized carbons (Fsp3) is 0.429. The van der Waals surface area contributed by atoms with Crippen molar-refractivity contribution in [1.82, 2.24) is 19.6 Å². The van der Waals surface area contributed by atoms with E-state index < -0.39 is 9.84 Å². The van der Waals surface area contributed by atoms with Crippen LogP contribution in [0.15, 0.2) is 48.8 Å². The Morgan fingerprint density at radius 2 is 2.00 bits per heavy atom. The summed E-state index contributed by atoms with van der Waals surface area (Å²) in [7, 11) is 0.914. The lowest BCUT2D eigenvalue weighted by molar-refractivity contribution is -0.127. The van der Waals surface area contributed by atoms with Gasteiger partial charge in [0.25, 0.3) is 0 Å². The summed E-state index contributed by atoms with van der Waals surface area (Å²) in [5, 5.41) is 4.33. The molecule has 156 valence electrons. The summed E-state index contributed by atoms with van der Waals surface area (Å²) >= 11 is 0. The van der Waals surface area contributed by atoms with Gasteiger partial charge in [0.1, 0.15) is 0 Å². The second-order valence-corrected chi connectivity index (χ2v) is 9.86. The van der Waals surface area contributed by atoms with Gasteiger partial charge in [-0.25, -0.2) is 13.1 Å². The Hall–Kier alpha value is -2.45. The zero-order valence-corrected chi connectivity index (χ0v) is 17.8. The molecule has 0 N–H and O–H groups in total. The Kier molecular flexibility index (Phi) is 6.87. The van der Waals surface area contributed by atoms with E-state index in [0.717, 1.165) is 24.2 Å². The molecule has 1 fully saturated rings. The van der Waals surface area contributed by atoms with Crippen molar-refractivity contribution in [3.63, 3.8) is 0 Å². The largest absolute Gasteiger partial charge is 0.335 e. The van der Waals surface area contributed by atoms with Crippen molar-refractivity contribution in [2.75, 3.05) is 38.7 Å². The molecule has 7 nitrogen and oxygen atoms in total. The lowest BCUT2D eigenvalue weighted by Crippen LogP contribution is -2.41. The van der Waals surface area contributed by atoms with Crippen molar-refractivity contribution in [3.05, 3.63) is 54.4 Å². The molecule has 1 atom stereocenters. The maximum atomic E-state index is 12.9. The van der Waals surface area contributed by atoms with Crippen LogP contribution < -0.4 is 0 Å². The van der Waals surface area contributed by atoms with Crippen molar-refractivity contribution in [2.45, 2.75) is 18.9 Å². The highest BCUT2D eigenvalue weighted by Gasteiger charge is 2.33. The van der Waals surface area contributed by atoms with E-state index in [-0.39, 0.29) is 23.5 Å². The molecule has 0 aliphatic carbocycles. The van der Waals surface area contributed by atoms with Crippen LogP contribution in [0.1, 0.15) is 18.4 Å². The van der Waals surface area contributed by atoms with Crippen LogP contribution in [0, 0.1) is 0 Å². The average Bonchev–Trinajstić information content (AvgIpc) is 3.30. The Morgan fingerprint density at radius 3 is 2.66 bits per heavy atom. The fourth-order valence-electron chi connectivity index (χ4n) is 3.46. The highest BCUT2D eigenvalue weighted by Crippen LogP contribution is 2.19. The molecule has 1 unspecified atom stereocenters. The normalized spacial score (nSPS) is 18.5. The Bertz CT molecular complexity index is 951. The van der Waals surface area contributed by atoms with Crippen LogP contribution in [0.25, 0.3) is 11.8 Å². The predicted octanol–water partition coefficient (Wildman–Crippen LogP) is 1.85. The number of rotatable bonds is 8. The molecule has 2 heterocycles. The van der Waals surface area contributed by atoms with Crippen LogP contribution in [0.3, 0.4) is 0 Å². The summed E-state index contributed by atoms with van der Waals surface area (Å²) in [5.41, 5.74) is 1.76. The third kappa shape index (κ3) is 6.01. The van der Waals surface area contributed by atoms with Crippen molar-refractivity contribution >= 4 is 21.8 Å². The first-order valence-electron chi connectivity index (χ1n) is 9.78. The molecule has 1 aliphatic rings. The lowest BCUT2D eigenvalue weighted by atomic mass is 10.2. The van der Waals surface area contributed by atoms with E-state index in [4.69, 9.17) is 0 Å². The van der Waals surface area contributed by atoms with E-state index >= 15 is 0 Å². The molecule has 8 heteroatoms. The quantitative estimate of drug-likeness (QED) is 0.614. The molecule has 1 aliphatic heterocycles. The minimum absolute atomic E-state index is 0.0560. The number of sulfone groups is 1. The Labute approximate surface area is 172 Å². The van der Waals surface area contributed by atoms with Gasteiger partial charge in [-0.05, 0) is 51.7 Å². The number of carbonyl (C=O) groups excluding carboxylic acids is 1.